The van der Waals surface area contributed by atoms with Crippen molar-refractivity contribution in [3.63, 3.8) is 0 Å². The van der Waals surface area contributed by atoms with E-state index in [0.717, 1.165) is 16.7 Å². The van der Waals surface area contributed by atoms with Gasteiger partial charge in [0.15, 0.2) is 18.7 Å². The number of rotatable bonds is 16. The minimum atomic E-state index is -1.02. The van der Waals surface area contributed by atoms with Crippen molar-refractivity contribution in [3.8, 4) is 0 Å². The number of hydrogen-bond donors (Lipinski definition) is 0. The molecule has 3 saturated heterocycles. The third-order valence-electron chi connectivity index (χ3n) is 12.8. The molecule has 15 atom stereocenters. The lowest BCUT2D eigenvalue weighted by atomic mass is 9.85. The molecule has 3 heterocycles. The molecule has 328 valence electrons. The fraction of sp³-hybridized carbons (Fsp3) is 0.510. The first kappa shape index (κ1) is 45.1. The molecule has 4 aromatic carbocycles. The molecule has 61 heavy (non-hydrogen) atoms. The molecule has 6 unspecified atom stereocenters. The van der Waals surface area contributed by atoms with Crippen molar-refractivity contribution in [1.82, 2.24) is 0 Å². The van der Waals surface area contributed by atoms with E-state index >= 15 is 0 Å². The smallest absolute Gasteiger partial charge is 0.338 e. The van der Waals surface area contributed by atoms with Crippen LogP contribution in [0, 0.1) is 23.7 Å². The highest BCUT2D eigenvalue weighted by Gasteiger charge is 2.53. The van der Waals surface area contributed by atoms with Crippen LogP contribution < -0.4 is 0 Å². The van der Waals surface area contributed by atoms with Gasteiger partial charge in [-0.25, -0.2) is 4.79 Å². The minimum Gasteiger partial charge on any atom is -0.451 e. The Kier molecular flexibility index (Phi) is 15.8. The molecular formula is C51H64O10. The lowest BCUT2D eigenvalue weighted by Gasteiger charge is -2.50. The summed E-state index contributed by atoms with van der Waals surface area (Å²) < 4.78 is 60.4. The Labute approximate surface area is 362 Å². The first-order chi connectivity index (χ1) is 29.6. The summed E-state index contributed by atoms with van der Waals surface area (Å²) in [5.41, 5.74) is 3.63. The highest BCUT2D eigenvalue weighted by Crippen LogP contribution is 2.40. The second-order valence-electron chi connectivity index (χ2n) is 17.2. The van der Waals surface area contributed by atoms with Gasteiger partial charge in [-0.15, -0.1) is 0 Å². The number of carbonyl (C=O) groups excluding carboxylic acids is 1. The van der Waals surface area contributed by atoms with E-state index in [1.165, 1.54) is 0 Å². The fourth-order valence-electron chi connectivity index (χ4n) is 8.77. The lowest BCUT2D eigenvalue weighted by molar-refractivity contribution is -0.356. The maximum absolute atomic E-state index is 14.0. The van der Waals surface area contributed by atoms with E-state index in [9.17, 15) is 4.79 Å². The summed E-state index contributed by atoms with van der Waals surface area (Å²) in [6, 6.07) is 39.3. The molecule has 4 aromatic rings. The second kappa shape index (κ2) is 21.4. The summed E-state index contributed by atoms with van der Waals surface area (Å²) >= 11 is 0. The molecule has 0 bridgehead atoms. The zero-order valence-electron chi connectivity index (χ0n) is 36.6. The van der Waals surface area contributed by atoms with Gasteiger partial charge in [0.2, 0.25) is 0 Å². The van der Waals surface area contributed by atoms with Gasteiger partial charge in [-0.05, 0) is 49.6 Å². The summed E-state index contributed by atoms with van der Waals surface area (Å²) in [7, 11) is 0. The predicted molar refractivity (Wildman–Crippen MR) is 231 cm³/mol. The van der Waals surface area contributed by atoms with Gasteiger partial charge in [0, 0.05) is 23.7 Å². The number of esters is 1. The largest absolute Gasteiger partial charge is 0.451 e. The van der Waals surface area contributed by atoms with Crippen molar-refractivity contribution in [2.45, 2.75) is 136 Å². The summed E-state index contributed by atoms with van der Waals surface area (Å²) in [6.45, 7) is 16.1. The fourth-order valence-corrected chi connectivity index (χ4v) is 8.77. The summed E-state index contributed by atoms with van der Waals surface area (Å²) in [5, 5.41) is 0. The maximum Gasteiger partial charge on any atom is 0.338 e. The molecule has 0 aliphatic carbocycles. The van der Waals surface area contributed by atoms with Gasteiger partial charge in [0.1, 0.15) is 12.2 Å². The molecule has 7 rings (SSSR count). The van der Waals surface area contributed by atoms with E-state index in [-0.39, 0.29) is 60.3 Å². The Morgan fingerprint density at radius 1 is 0.459 bits per heavy atom. The molecule has 3 aliphatic heterocycles. The molecule has 0 aromatic heterocycles. The van der Waals surface area contributed by atoms with E-state index in [1.54, 1.807) is 12.1 Å². The van der Waals surface area contributed by atoms with Crippen molar-refractivity contribution in [3.05, 3.63) is 144 Å². The van der Waals surface area contributed by atoms with Gasteiger partial charge in [0.05, 0.1) is 68.6 Å². The van der Waals surface area contributed by atoms with Crippen LogP contribution in [0.3, 0.4) is 0 Å². The molecule has 0 amide bonds. The topological polar surface area (TPSA) is 100 Å². The average Bonchev–Trinajstić information content (AvgIpc) is 3.28. The Morgan fingerprint density at radius 2 is 0.951 bits per heavy atom. The molecule has 0 radical (unpaired) electrons. The number of carbonyl (C=O) groups is 1. The van der Waals surface area contributed by atoms with Crippen LogP contribution >= 0.6 is 0 Å². The van der Waals surface area contributed by atoms with Crippen LogP contribution in [0.2, 0.25) is 0 Å². The Morgan fingerprint density at radius 3 is 1.54 bits per heavy atom. The Hall–Kier alpha value is -3.97. The van der Waals surface area contributed by atoms with Crippen molar-refractivity contribution in [2.75, 3.05) is 6.61 Å². The maximum atomic E-state index is 14.0. The molecule has 3 fully saturated rings. The van der Waals surface area contributed by atoms with E-state index in [0.29, 0.717) is 32.0 Å². The molecule has 3 aliphatic rings. The number of ether oxygens (including phenoxy) is 9. The summed E-state index contributed by atoms with van der Waals surface area (Å²) in [4.78, 5) is 14.0. The van der Waals surface area contributed by atoms with Gasteiger partial charge >= 0.3 is 5.97 Å². The molecular weight excluding hydrogens is 773 g/mol. The predicted octanol–water partition coefficient (Wildman–Crippen LogP) is 9.19. The van der Waals surface area contributed by atoms with Crippen LogP contribution in [-0.2, 0) is 62.5 Å². The highest BCUT2D eigenvalue weighted by atomic mass is 16.7. The molecule has 0 spiro atoms. The van der Waals surface area contributed by atoms with E-state index in [1.807, 2.05) is 111 Å². The normalized spacial score (nSPS) is 34.1. The van der Waals surface area contributed by atoms with E-state index in [2.05, 4.69) is 46.8 Å². The van der Waals surface area contributed by atoms with Crippen LogP contribution in [-0.4, -0.2) is 80.1 Å². The molecule has 0 N–H and O–H groups in total. The lowest BCUT2D eigenvalue weighted by Crippen LogP contribution is -2.62. The van der Waals surface area contributed by atoms with Gasteiger partial charge in [-0.1, -0.05) is 137 Å². The number of hydrogen-bond acceptors (Lipinski definition) is 10. The quantitative estimate of drug-likeness (QED) is 0.102. The zero-order valence-corrected chi connectivity index (χ0v) is 36.6. The summed E-state index contributed by atoms with van der Waals surface area (Å²) in [6.07, 6.45) is -5.66. The van der Waals surface area contributed by atoms with Crippen molar-refractivity contribution in [2.24, 2.45) is 23.7 Å². The minimum absolute atomic E-state index is 0.00504. The first-order valence-corrected chi connectivity index (χ1v) is 22.0. The van der Waals surface area contributed by atoms with Gasteiger partial charge < -0.3 is 42.6 Å². The standard InChI is InChI=1S/C51H64O10/c1-32-36(5)56-38(7)47(45(32)55-30-41-24-16-10-17-25-41)61-51-48(59-49(52)42-26-18-11-19-27-42)46(33(2)37(6)57-51)60-50-35(4)44(54-29-40-22-14-9-15-23-40)34(3)43(58-50)31-53-28-39-20-12-8-13-21-39/h8-27,32-38,43-48,50-51H,28-31H2,1-7H3/t32-,33-,34+,35?,36?,37?,38-,43-,44?,45-,46-,47?,48?,50+,51-/m0/s1. The van der Waals surface area contributed by atoms with Crippen molar-refractivity contribution >= 4 is 5.97 Å². The molecule has 10 nitrogen and oxygen atoms in total. The number of benzene rings is 4. The van der Waals surface area contributed by atoms with Gasteiger partial charge in [0.25, 0.3) is 0 Å². The summed E-state index contributed by atoms with van der Waals surface area (Å²) in [5.74, 6) is -0.969. The third-order valence-corrected chi connectivity index (χ3v) is 12.8. The van der Waals surface area contributed by atoms with Crippen LogP contribution in [0.4, 0.5) is 0 Å². The van der Waals surface area contributed by atoms with Crippen LogP contribution in [0.15, 0.2) is 121 Å². The van der Waals surface area contributed by atoms with Crippen molar-refractivity contribution < 1.29 is 47.4 Å². The third kappa shape index (κ3) is 11.4. The Bertz CT molecular complexity index is 1900. The Balaban J connectivity index is 1.17. The molecule has 10 heteroatoms. The monoisotopic (exact) mass is 836 g/mol. The van der Waals surface area contributed by atoms with Gasteiger partial charge in [-0.2, -0.15) is 0 Å². The molecule has 0 saturated carbocycles. The van der Waals surface area contributed by atoms with E-state index < -0.39 is 36.9 Å². The van der Waals surface area contributed by atoms with Gasteiger partial charge in [-0.3, -0.25) is 0 Å². The second-order valence-corrected chi connectivity index (χ2v) is 17.2. The van der Waals surface area contributed by atoms with Crippen LogP contribution in [0.1, 0.15) is 75.5 Å². The SMILES string of the molecule is CC1C(OCc2ccccc2)[C@H](C)[C@H](COCc2ccccc2)O[C@@H]1O[C@@H]1C(OC(=O)c2ccccc2)[C@H](OC2[C@H](C)OC(C)[C@H](C)[C@@H]2OCc2ccccc2)OC(C)[C@@H]1C. The average molecular weight is 837 g/mol. The van der Waals surface area contributed by atoms with Crippen molar-refractivity contribution in [1.29, 1.82) is 0 Å². The van der Waals surface area contributed by atoms with Crippen LogP contribution in [0.25, 0.3) is 0 Å². The van der Waals surface area contributed by atoms with E-state index in [4.69, 9.17) is 42.6 Å². The van der Waals surface area contributed by atoms with Crippen LogP contribution in [0.5, 0.6) is 0 Å². The zero-order chi connectivity index (χ0) is 42.9. The highest BCUT2D eigenvalue weighted by molar-refractivity contribution is 5.89. The first-order valence-electron chi connectivity index (χ1n) is 22.0.